The Bertz CT molecular complexity index is 993. The van der Waals surface area contributed by atoms with E-state index in [2.05, 4.69) is 10.3 Å². The van der Waals surface area contributed by atoms with Crippen molar-refractivity contribution in [1.82, 2.24) is 10.3 Å². The van der Waals surface area contributed by atoms with Crippen LogP contribution >= 0.6 is 11.6 Å². The van der Waals surface area contributed by atoms with E-state index in [1.165, 1.54) is 0 Å². The number of benzene rings is 2. The van der Waals surface area contributed by atoms with E-state index in [0.717, 1.165) is 10.9 Å². The Morgan fingerprint density at radius 3 is 2.68 bits per heavy atom. The summed E-state index contributed by atoms with van der Waals surface area (Å²) in [6.45, 7) is 1.72. The van der Waals surface area contributed by atoms with Gasteiger partial charge in [-0.15, -0.1) is 0 Å². The van der Waals surface area contributed by atoms with Crippen LogP contribution in [-0.2, 0) is 4.79 Å². The number of fused-ring (bicyclic) bond motifs is 1. The second kappa shape index (κ2) is 8.80. The number of pyridine rings is 1. The van der Waals surface area contributed by atoms with Gasteiger partial charge in [0.15, 0.2) is 6.61 Å². The van der Waals surface area contributed by atoms with Crippen molar-refractivity contribution in [3.63, 3.8) is 0 Å². The average Bonchev–Trinajstić information content (AvgIpc) is 2.73. The minimum Gasteiger partial charge on any atom is -0.497 e. The molecule has 1 N–H and O–H groups in total. The predicted molar refractivity (Wildman–Crippen MR) is 108 cm³/mol. The van der Waals surface area contributed by atoms with Gasteiger partial charge in [0.05, 0.1) is 25.3 Å². The standard InChI is InChI=1S/C21H21ClN2O4/c1-13(16-11-14(26-2)6-8-18(16)27-3)24-20(25)12-28-19-9-7-17(22)15-5-4-10-23-21(15)19/h4-11,13H,12H2,1-3H3,(H,24,25)/t13-/m0/s1. The number of rotatable bonds is 7. The van der Waals surface area contributed by atoms with Gasteiger partial charge >= 0.3 is 0 Å². The highest BCUT2D eigenvalue weighted by Gasteiger charge is 2.16. The van der Waals surface area contributed by atoms with Gasteiger partial charge < -0.3 is 19.5 Å². The summed E-state index contributed by atoms with van der Waals surface area (Å²) in [5.41, 5.74) is 1.43. The molecule has 0 aliphatic heterocycles. The van der Waals surface area contributed by atoms with Crippen LogP contribution in [0.4, 0.5) is 0 Å². The van der Waals surface area contributed by atoms with Gasteiger partial charge in [-0.05, 0) is 49.4 Å². The van der Waals surface area contributed by atoms with E-state index in [4.69, 9.17) is 25.8 Å². The SMILES string of the molecule is COc1ccc(OC)c([C@H](C)NC(=O)COc2ccc(Cl)c3cccnc23)c1. The first-order valence-corrected chi connectivity index (χ1v) is 9.08. The number of hydrogen-bond donors (Lipinski definition) is 1. The van der Waals surface area contributed by atoms with Crippen molar-refractivity contribution in [2.24, 2.45) is 0 Å². The first-order chi connectivity index (χ1) is 13.5. The fourth-order valence-corrected chi connectivity index (χ4v) is 3.13. The van der Waals surface area contributed by atoms with Crippen LogP contribution < -0.4 is 19.5 Å². The van der Waals surface area contributed by atoms with Crippen LogP contribution in [0, 0.1) is 0 Å². The average molecular weight is 401 g/mol. The van der Waals surface area contributed by atoms with Gasteiger partial charge in [0, 0.05) is 17.1 Å². The highest BCUT2D eigenvalue weighted by atomic mass is 35.5. The summed E-state index contributed by atoms with van der Waals surface area (Å²) in [4.78, 5) is 16.7. The maximum Gasteiger partial charge on any atom is 0.258 e. The Labute approximate surface area is 168 Å². The van der Waals surface area contributed by atoms with E-state index >= 15 is 0 Å². The molecule has 1 atom stereocenters. The Morgan fingerprint density at radius 1 is 1.14 bits per heavy atom. The molecule has 1 amide bonds. The van der Waals surface area contributed by atoms with Crippen molar-refractivity contribution in [3.8, 4) is 17.2 Å². The molecule has 1 aromatic heterocycles. The molecule has 3 rings (SSSR count). The van der Waals surface area contributed by atoms with Crippen LogP contribution in [0.5, 0.6) is 17.2 Å². The van der Waals surface area contributed by atoms with E-state index in [9.17, 15) is 4.79 Å². The van der Waals surface area contributed by atoms with Crippen molar-refractivity contribution >= 4 is 28.4 Å². The van der Waals surface area contributed by atoms with Crippen LogP contribution in [0.2, 0.25) is 5.02 Å². The first kappa shape index (κ1) is 19.8. The second-order valence-electron chi connectivity index (χ2n) is 6.13. The summed E-state index contributed by atoms with van der Waals surface area (Å²) in [6.07, 6.45) is 1.66. The number of carbonyl (C=O) groups excluding carboxylic acids is 1. The lowest BCUT2D eigenvalue weighted by atomic mass is 10.1. The molecule has 0 saturated heterocycles. The predicted octanol–water partition coefficient (Wildman–Crippen LogP) is 4.16. The van der Waals surface area contributed by atoms with Gasteiger partial charge in [0.2, 0.25) is 0 Å². The van der Waals surface area contributed by atoms with Crippen LogP contribution in [0.25, 0.3) is 10.9 Å². The number of hydrogen-bond acceptors (Lipinski definition) is 5. The molecular weight excluding hydrogens is 380 g/mol. The monoisotopic (exact) mass is 400 g/mol. The van der Waals surface area contributed by atoms with E-state index in [1.54, 1.807) is 50.7 Å². The van der Waals surface area contributed by atoms with Crippen LogP contribution in [0.1, 0.15) is 18.5 Å². The van der Waals surface area contributed by atoms with Crippen molar-refractivity contribution in [2.45, 2.75) is 13.0 Å². The molecule has 28 heavy (non-hydrogen) atoms. The molecule has 6 nitrogen and oxygen atoms in total. The highest BCUT2D eigenvalue weighted by molar-refractivity contribution is 6.35. The fourth-order valence-electron chi connectivity index (χ4n) is 2.91. The zero-order valence-electron chi connectivity index (χ0n) is 15.9. The van der Waals surface area contributed by atoms with Crippen LogP contribution in [0.3, 0.4) is 0 Å². The zero-order chi connectivity index (χ0) is 20.1. The number of methoxy groups -OCH3 is 2. The van der Waals surface area contributed by atoms with Gasteiger partial charge in [-0.3, -0.25) is 9.78 Å². The van der Waals surface area contributed by atoms with Crippen LogP contribution in [-0.4, -0.2) is 31.7 Å². The number of amides is 1. The maximum atomic E-state index is 12.4. The number of carbonyl (C=O) groups is 1. The van der Waals surface area contributed by atoms with Crippen molar-refractivity contribution in [1.29, 1.82) is 0 Å². The number of nitrogens with zero attached hydrogens (tertiary/aromatic N) is 1. The lowest BCUT2D eigenvalue weighted by Gasteiger charge is -2.18. The van der Waals surface area contributed by atoms with E-state index in [1.807, 2.05) is 19.1 Å². The molecular formula is C21H21ClN2O4. The molecule has 0 spiro atoms. The molecule has 0 aliphatic rings. The largest absolute Gasteiger partial charge is 0.497 e. The van der Waals surface area contributed by atoms with Crippen molar-refractivity contribution < 1.29 is 19.0 Å². The molecule has 0 bridgehead atoms. The molecule has 146 valence electrons. The number of ether oxygens (including phenoxy) is 3. The summed E-state index contributed by atoms with van der Waals surface area (Å²) in [7, 11) is 3.18. The maximum absolute atomic E-state index is 12.4. The fraction of sp³-hybridized carbons (Fsp3) is 0.238. The summed E-state index contributed by atoms with van der Waals surface area (Å²) in [5, 5.41) is 4.26. The zero-order valence-corrected chi connectivity index (χ0v) is 16.6. The number of aromatic nitrogens is 1. The van der Waals surface area contributed by atoms with Gasteiger partial charge in [-0.2, -0.15) is 0 Å². The normalized spacial score (nSPS) is 11.7. The molecule has 0 unspecified atom stereocenters. The lowest BCUT2D eigenvalue weighted by molar-refractivity contribution is -0.123. The van der Waals surface area contributed by atoms with Crippen molar-refractivity contribution in [2.75, 3.05) is 20.8 Å². The number of halogens is 1. The third-order valence-electron chi connectivity index (χ3n) is 4.32. The second-order valence-corrected chi connectivity index (χ2v) is 6.54. The van der Waals surface area contributed by atoms with Gasteiger partial charge in [-0.1, -0.05) is 11.6 Å². The highest BCUT2D eigenvalue weighted by Crippen LogP contribution is 2.30. The molecule has 1 heterocycles. The molecule has 2 aromatic carbocycles. The summed E-state index contributed by atoms with van der Waals surface area (Å²) in [5.74, 6) is 1.59. The topological polar surface area (TPSA) is 69.7 Å². The molecule has 0 aliphatic carbocycles. The quantitative estimate of drug-likeness (QED) is 0.644. The molecule has 0 fully saturated rings. The third-order valence-corrected chi connectivity index (χ3v) is 4.65. The van der Waals surface area contributed by atoms with Gasteiger partial charge in [0.1, 0.15) is 22.8 Å². The molecule has 0 saturated carbocycles. The minimum absolute atomic E-state index is 0.149. The molecule has 3 aromatic rings. The Kier molecular flexibility index (Phi) is 6.21. The lowest BCUT2D eigenvalue weighted by Crippen LogP contribution is -2.31. The Morgan fingerprint density at radius 2 is 1.93 bits per heavy atom. The third kappa shape index (κ3) is 4.28. The van der Waals surface area contributed by atoms with E-state index in [-0.39, 0.29) is 18.6 Å². The Balaban J connectivity index is 1.69. The van der Waals surface area contributed by atoms with Gasteiger partial charge in [0.25, 0.3) is 5.91 Å². The van der Waals surface area contributed by atoms with E-state index < -0.39 is 0 Å². The van der Waals surface area contributed by atoms with E-state index in [0.29, 0.717) is 27.8 Å². The first-order valence-electron chi connectivity index (χ1n) is 8.70. The molecule has 0 radical (unpaired) electrons. The summed E-state index contributed by atoms with van der Waals surface area (Å²) >= 11 is 6.18. The van der Waals surface area contributed by atoms with Crippen LogP contribution in [0.15, 0.2) is 48.7 Å². The Hall–Kier alpha value is -2.99. The summed E-state index contributed by atoms with van der Waals surface area (Å²) < 4.78 is 16.3. The summed E-state index contributed by atoms with van der Waals surface area (Å²) in [6, 6.07) is 12.2. The smallest absolute Gasteiger partial charge is 0.258 e. The number of nitrogens with one attached hydrogen (secondary N) is 1. The van der Waals surface area contributed by atoms with Crippen molar-refractivity contribution in [3.05, 3.63) is 59.2 Å². The molecule has 7 heteroatoms. The minimum atomic E-state index is -0.291. The van der Waals surface area contributed by atoms with Gasteiger partial charge in [-0.25, -0.2) is 0 Å².